The molecule has 0 saturated heterocycles. The second-order valence-corrected chi connectivity index (χ2v) is 7.47. The number of nitrogens with one attached hydrogen (secondary N) is 1. The summed E-state index contributed by atoms with van der Waals surface area (Å²) in [5.74, 6) is 0.394. The van der Waals surface area contributed by atoms with Gasteiger partial charge in [-0.25, -0.2) is 4.79 Å². The van der Waals surface area contributed by atoms with Crippen LogP contribution < -0.4 is 16.6 Å². The van der Waals surface area contributed by atoms with Crippen LogP contribution in [-0.2, 0) is 20.6 Å². The van der Waals surface area contributed by atoms with Gasteiger partial charge < -0.3 is 10.4 Å². The average molecular weight is 426 g/mol. The van der Waals surface area contributed by atoms with E-state index in [1.165, 1.54) is 11.6 Å². The van der Waals surface area contributed by atoms with Crippen LogP contribution in [0.15, 0.2) is 27.8 Å². The lowest BCUT2D eigenvalue weighted by molar-refractivity contribution is 0.282. The molecule has 1 atom stereocenters. The van der Waals surface area contributed by atoms with E-state index in [0.717, 1.165) is 4.57 Å². The minimum absolute atomic E-state index is 0.00495. The smallest absolute Gasteiger partial charge is 0.332 e. The minimum atomic E-state index is -0.465. The minimum Gasteiger partial charge on any atom is -0.396 e. The molecule has 0 aliphatic carbocycles. The first-order valence-electron chi connectivity index (χ1n) is 8.72. The van der Waals surface area contributed by atoms with Gasteiger partial charge in [-0.15, -0.1) is 0 Å². The third kappa shape index (κ3) is 3.55. The van der Waals surface area contributed by atoms with Crippen LogP contribution in [0, 0.1) is 0 Å². The highest BCUT2D eigenvalue weighted by atomic mass is 35.5. The lowest BCUT2D eigenvalue weighted by atomic mass is 10.2. The largest absolute Gasteiger partial charge is 0.396 e. The van der Waals surface area contributed by atoms with Gasteiger partial charge in [-0.05, 0) is 25.5 Å². The molecule has 150 valence electrons. The van der Waals surface area contributed by atoms with Crippen molar-refractivity contribution in [3.63, 3.8) is 0 Å². The highest BCUT2D eigenvalue weighted by molar-refractivity contribution is 6.36. The Morgan fingerprint density at radius 3 is 2.43 bits per heavy atom. The number of imidazole rings is 1. The van der Waals surface area contributed by atoms with Crippen LogP contribution in [0.2, 0.25) is 10.0 Å². The average Bonchev–Trinajstić information content (AvgIpc) is 2.99. The molecule has 0 aliphatic rings. The molecule has 3 aromatic rings. The van der Waals surface area contributed by atoms with Crippen molar-refractivity contribution < 1.29 is 5.11 Å². The maximum Gasteiger partial charge on any atom is 0.332 e. The van der Waals surface area contributed by atoms with E-state index in [2.05, 4.69) is 10.3 Å². The second kappa shape index (κ2) is 7.98. The van der Waals surface area contributed by atoms with E-state index in [4.69, 9.17) is 23.2 Å². The van der Waals surface area contributed by atoms with Crippen molar-refractivity contribution in [3.05, 3.63) is 54.6 Å². The highest BCUT2D eigenvalue weighted by Crippen LogP contribution is 2.28. The van der Waals surface area contributed by atoms with Gasteiger partial charge >= 0.3 is 5.69 Å². The molecule has 0 aliphatic heterocycles. The van der Waals surface area contributed by atoms with E-state index in [9.17, 15) is 14.7 Å². The summed E-state index contributed by atoms with van der Waals surface area (Å²) in [6.45, 7) is 2.08. The fraction of sp³-hybridized carbons (Fsp3) is 0.389. The topological polar surface area (TPSA) is 94.1 Å². The van der Waals surface area contributed by atoms with E-state index in [0.29, 0.717) is 28.0 Å². The summed E-state index contributed by atoms with van der Waals surface area (Å²) in [5.41, 5.74) is 0.234. The summed E-state index contributed by atoms with van der Waals surface area (Å²) < 4.78 is 4.02. The monoisotopic (exact) mass is 425 g/mol. The summed E-state index contributed by atoms with van der Waals surface area (Å²) in [4.78, 5) is 29.6. The molecule has 8 nitrogen and oxygen atoms in total. The Balaban J connectivity index is 2.28. The molecular weight excluding hydrogens is 405 g/mol. The van der Waals surface area contributed by atoms with Gasteiger partial charge in [0, 0.05) is 42.4 Å². The van der Waals surface area contributed by atoms with Crippen LogP contribution in [0.1, 0.15) is 18.9 Å². The second-order valence-electron chi connectivity index (χ2n) is 6.66. The van der Waals surface area contributed by atoms with E-state index in [1.54, 1.807) is 29.8 Å². The molecule has 0 radical (unpaired) electrons. The molecule has 1 unspecified atom stereocenters. The number of hydrogen-bond donors (Lipinski definition) is 2. The Labute approximate surface area is 170 Å². The molecular formula is C18H21Cl2N5O3. The number of nitrogens with zero attached hydrogens (tertiary/aromatic N) is 4. The maximum atomic E-state index is 12.9. The Kier molecular flexibility index (Phi) is 5.83. The summed E-state index contributed by atoms with van der Waals surface area (Å²) in [6.07, 6.45) is 0.493. The van der Waals surface area contributed by atoms with Crippen LogP contribution in [0.5, 0.6) is 0 Å². The first-order valence-corrected chi connectivity index (χ1v) is 9.48. The van der Waals surface area contributed by atoms with Crippen LogP contribution in [0.4, 0.5) is 5.95 Å². The lowest BCUT2D eigenvalue weighted by Gasteiger charge is -2.16. The van der Waals surface area contributed by atoms with Gasteiger partial charge in [0.15, 0.2) is 11.2 Å². The number of anilines is 1. The van der Waals surface area contributed by atoms with Gasteiger partial charge in [0.1, 0.15) is 0 Å². The van der Waals surface area contributed by atoms with Gasteiger partial charge in [0.05, 0.1) is 6.54 Å². The number of hydrogen-bond acceptors (Lipinski definition) is 5. The standard InChI is InChI=1S/C18H21Cl2N5O3/c1-10(7-8-26)21-17-22-15-14(16(27)24(3)18(28)23(15)2)25(17)9-11-12(19)5-4-6-13(11)20/h4-6,10,26H,7-9H2,1-3H3,(H,21,22). The predicted octanol–water partition coefficient (Wildman–Crippen LogP) is 1.97. The number of aryl methyl sites for hydroxylation is 1. The first-order chi connectivity index (χ1) is 13.3. The zero-order valence-electron chi connectivity index (χ0n) is 15.7. The first kappa shape index (κ1) is 20.4. The van der Waals surface area contributed by atoms with Gasteiger partial charge in [-0.1, -0.05) is 29.3 Å². The van der Waals surface area contributed by atoms with Crippen LogP contribution in [0.25, 0.3) is 11.2 Å². The van der Waals surface area contributed by atoms with Crippen molar-refractivity contribution in [2.75, 3.05) is 11.9 Å². The zero-order valence-corrected chi connectivity index (χ0v) is 17.3. The van der Waals surface area contributed by atoms with Gasteiger partial charge in [0.25, 0.3) is 5.56 Å². The molecule has 3 rings (SSSR count). The van der Waals surface area contributed by atoms with Crippen LogP contribution in [0.3, 0.4) is 0 Å². The predicted molar refractivity (Wildman–Crippen MR) is 111 cm³/mol. The zero-order chi connectivity index (χ0) is 20.6. The van der Waals surface area contributed by atoms with Crippen molar-refractivity contribution in [1.29, 1.82) is 0 Å². The molecule has 2 N–H and O–H groups in total. The number of aliphatic hydroxyl groups is 1. The fourth-order valence-electron chi connectivity index (χ4n) is 3.04. The van der Waals surface area contributed by atoms with Crippen molar-refractivity contribution in [2.45, 2.75) is 25.9 Å². The van der Waals surface area contributed by atoms with E-state index >= 15 is 0 Å². The number of aromatic nitrogens is 4. The molecule has 0 fully saturated rings. The third-order valence-corrected chi connectivity index (χ3v) is 5.37. The van der Waals surface area contributed by atoms with Gasteiger partial charge in [0.2, 0.25) is 5.95 Å². The van der Waals surface area contributed by atoms with E-state index in [1.807, 2.05) is 6.92 Å². The molecule has 0 spiro atoms. The van der Waals surface area contributed by atoms with Crippen molar-refractivity contribution in [3.8, 4) is 0 Å². The summed E-state index contributed by atoms with van der Waals surface area (Å²) in [7, 11) is 2.98. The molecule has 0 saturated carbocycles. The number of rotatable bonds is 6. The maximum absolute atomic E-state index is 12.9. The number of benzene rings is 1. The number of fused-ring (bicyclic) bond motifs is 1. The Bertz CT molecular complexity index is 1130. The van der Waals surface area contributed by atoms with Gasteiger partial charge in [-0.2, -0.15) is 4.98 Å². The fourth-order valence-corrected chi connectivity index (χ4v) is 3.56. The summed E-state index contributed by atoms with van der Waals surface area (Å²) in [5, 5.41) is 13.3. The number of halogens is 2. The Hall–Kier alpha value is -2.29. The Morgan fingerprint density at radius 1 is 1.18 bits per heavy atom. The molecule has 28 heavy (non-hydrogen) atoms. The van der Waals surface area contributed by atoms with Gasteiger partial charge in [-0.3, -0.25) is 18.5 Å². The Morgan fingerprint density at radius 2 is 1.82 bits per heavy atom. The van der Waals surface area contributed by atoms with E-state index < -0.39 is 11.2 Å². The normalized spacial score (nSPS) is 12.5. The highest BCUT2D eigenvalue weighted by Gasteiger charge is 2.21. The van der Waals surface area contributed by atoms with Crippen LogP contribution >= 0.6 is 23.2 Å². The van der Waals surface area contributed by atoms with Crippen LogP contribution in [-0.4, -0.2) is 36.4 Å². The molecule has 2 heterocycles. The quantitative estimate of drug-likeness (QED) is 0.629. The molecule has 0 bridgehead atoms. The van der Waals surface area contributed by atoms with Crippen molar-refractivity contribution in [2.24, 2.45) is 14.1 Å². The molecule has 10 heteroatoms. The SMILES string of the molecule is CC(CCO)Nc1nc2c(c(=O)n(C)c(=O)n2C)n1Cc1c(Cl)cccc1Cl. The molecule has 0 amide bonds. The molecule has 2 aromatic heterocycles. The van der Waals surface area contributed by atoms with Crippen molar-refractivity contribution >= 4 is 40.3 Å². The lowest BCUT2D eigenvalue weighted by Crippen LogP contribution is -2.37. The summed E-state index contributed by atoms with van der Waals surface area (Å²) in [6, 6.07) is 5.07. The van der Waals surface area contributed by atoms with Crippen molar-refractivity contribution in [1.82, 2.24) is 18.7 Å². The van der Waals surface area contributed by atoms with E-state index in [-0.39, 0.29) is 30.4 Å². The summed E-state index contributed by atoms with van der Waals surface area (Å²) >= 11 is 12.6. The number of aliphatic hydroxyl groups excluding tert-OH is 1. The third-order valence-electron chi connectivity index (χ3n) is 4.66. The molecule has 1 aromatic carbocycles.